The van der Waals surface area contributed by atoms with E-state index in [4.69, 9.17) is 10.4 Å². The number of nitrogens with zero attached hydrogens (tertiary/aromatic N) is 3. The molecule has 0 aliphatic heterocycles. The summed E-state index contributed by atoms with van der Waals surface area (Å²) in [6.07, 6.45) is 3.69. The Kier molecular flexibility index (Phi) is 6.74. The predicted octanol–water partition coefficient (Wildman–Crippen LogP) is 3.59. The number of anilines is 2. The van der Waals surface area contributed by atoms with E-state index >= 15 is 0 Å². The second-order valence-corrected chi connectivity index (χ2v) is 10.1. The fourth-order valence-electron chi connectivity index (χ4n) is 3.57. The number of hydrogen-bond donors (Lipinski definition) is 2. The number of aryl methyl sites for hydroxylation is 1. The summed E-state index contributed by atoms with van der Waals surface area (Å²) in [7, 11) is -3.82. The van der Waals surface area contributed by atoms with Gasteiger partial charge in [0.1, 0.15) is 5.82 Å². The van der Waals surface area contributed by atoms with Crippen LogP contribution >= 0.6 is 11.8 Å². The molecular formula is C23H21N5O3S2. The second kappa shape index (κ2) is 9.70. The van der Waals surface area contributed by atoms with E-state index in [9.17, 15) is 13.2 Å². The molecule has 0 fully saturated rings. The normalized spacial score (nSPS) is 13.1. The van der Waals surface area contributed by atoms with Gasteiger partial charge < -0.3 is 5.32 Å². The molecule has 168 valence electrons. The average Bonchev–Trinajstić information content (AvgIpc) is 2.82. The molecule has 0 atom stereocenters. The minimum absolute atomic E-state index is 0.0121. The highest BCUT2D eigenvalue weighted by atomic mass is 32.2. The van der Waals surface area contributed by atoms with Crippen LogP contribution in [-0.2, 0) is 22.9 Å². The van der Waals surface area contributed by atoms with Gasteiger partial charge in [0.15, 0.2) is 10.9 Å². The number of thioether (sulfide) groups is 1. The predicted molar refractivity (Wildman–Crippen MR) is 126 cm³/mol. The number of rotatable bonds is 7. The maximum Gasteiger partial charge on any atom is 0.238 e. The standard InChI is InChI=1S/C23H21N5O3S2/c24-13-15-8-10-16(11-9-15)21(29)14-32-23-27-20-7-2-1-6-19(20)22(28-23)26-17-4-3-5-18(12-17)33(25,30)31/h3-5,8-12H,1-2,6-7,14H2,(H2,25,30,31)(H,26,27,28). The van der Waals surface area contributed by atoms with Crippen molar-refractivity contribution < 1.29 is 13.2 Å². The number of nitriles is 1. The van der Waals surface area contributed by atoms with Crippen molar-refractivity contribution in [1.82, 2.24) is 9.97 Å². The Labute approximate surface area is 196 Å². The summed E-state index contributed by atoms with van der Waals surface area (Å²) < 4.78 is 23.4. The SMILES string of the molecule is N#Cc1ccc(C(=O)CSc2nc3c(c(Nc4cccc(S(N)(=O)=O)c4)n2)CCCC3)cc1. The lowest BCUT2D eigenvalue weighted by Gasteiger charge is -2.20. The van der Waals surface area contributed by atoms with Gasteiger partial charge in [-0.3, -0.25) is 4.79 Å². The summed E-state index contributed by atoms with van der Waals surface area (Å²) in [6, 6.07) is 14.8. The Hall–Kier alpha value is -3.26. The molecule has 0 amide bonds. The van der Waals surface area contributed by atoms with Crippen LogP contribution in [0.5, 0.6) is 0 Å². The van der Waals surface area contributed by atoms with Crippen molar-refractivity contribution in [2.45, 2.75) is 35.7 Å². The molecule has 2 aromatic carbocycles. The first-order valence-corrected chi connectivity index (χ1v) is 12.8. The van der Waals surface area contributed by atoms with Crippen LogP contribution in [0.2, 0.25) is 0 Å². The molecule has 1 heterocycles. The van der Waals surface area contributed by atoms with Gasteiger partial charge in [-0.1, -0.05) is 30.0 Å². The van der Waals surface area contributed by atoms with Crippen LogP contribution in [0.4, 0.5) is 11.5 Å². The number of benzene rings is 2. The minimum atomic E-state index is -3.82. The highest BCUT2D eigenvalue weighted by molar-refractivity contribution is 7.99. The van der Waals surface area contributed by atoms with Crippen LogP contribution in [0, 0.1) is 11.3 Å². The van der Waals surface area contributed by atoms with Gasteiger partial charge in [-0.15, -0.1) is 0 Å². The van der Waals surface area contributed by atoms with Crippen molar-refractivity contribution in [2.75, 3.05) is 11.1 Å². The molecular weight excluding hydrogens is 458 g/mol. The summed E-state index contributed by atoms with van der Waals surface area (Å²) in [5.74, 6) is 0.686. The first-order valence-electron chi connectivity index (χ1n) is 10.3. The lowest BCUT2D eigenvalue weighted by molar-refractivity contribution is 0.102. The average molecular weight is 480 g/mol. The maximum absolute atomic E-state index is 12.6. The third-order valence-electron chi connectivity index (χ3n) is 5.26. The van der Waals surface area contributed by atoms with Crippen LogP contribution in [-0.4, -0.2) is 29.9 Å². The van der Waals surface area contributed by atoms with E-state index < -0.39 is 10.0 Å². The molecule has 1 aliphatic rings. The van der Waals surface area contributed by atoms with E-state index in [2.05, 4.69) is 15.3 Å². The first-order chi connectivity index (χ1) is 15.8. The van der Waals surface area contributed by atoms with E-state index in [1.165, 1.54) is 23.9 Å². The van der Waals surface area contributed by atoms with E-state index in [0.29, 0.717) is 27.8 Å². The number of sulfonamides is 1. The number of ketones is 1. The monoisotopic (exact) mass is 479 g/mol. The van der Waals surface area contributed by atoms with Crippen molar-refractivity contribution in [1.29, 1.82) is 5.26 Å². The quantitative estimate of drug-likeness (QED) is 0.298. The number of nitrogens with two attached hydrogens (primary N) is 1. The van der Waals surface area contributed by atoms with Crippen LogP contribution in [0.25, 0.3) is 0 Å². The van der Waals surface area contributed by atoms with Crippen LogP contribution in [0.1, 0.15) is 40.0 Å². The molecule has 0 saturated heterocycles. The zero-order chi connectivity index (χ0) is 23.4. The molecule has 4 rings (SSSR count). The number of carbonyl (C=O) groups excluding carboxylic acids is 1. The number of fused-ring (bicyclic) bond motifs is 1. The summed E-state index contributed by atoms with van der Waals surface area (Å²) in [5, 5.41) is 17.9. The second-order valence-electron chi connectivity index (χ2n) is 7.59. The van der Waals surface area contributed by atoms with Crippen LogP contribution < -0.4 is 10.5 Å². The van der Waals surface area contributed by atoms with Gasteiger partial charge in [0.2, 0.25) is 10.0 Å². The minimum Gasteiger partial charge on any atom is -0.340 e. The molecule has 8 nitrogen and oxygen atoms in total. The summed E-state index contributed by atoms with van der Waals surface area (Å²) in [5.41, 5.74) is 3.52. The number of primary sulfonamides is 1. The van der Waals surface area contributed by atoms with Crippen molar-refractivity contribution in [3.05, 3.63) is 70.9 Å². The molecule has 0 saturated carbocycles. The summed E-state index contributed by atoms with van der Waals surface area (Å²) >= 11 is 1.25. The third kappa shape index (κ3) is 5.57. The van der Waals surface area contributed by atoms with E-state index in [1.54, 1.807) is 36.4 Å². The number of nitrogens with one attached hydrogen (secondary N) is 1. The maximum atomic E-state index is 12.6. The van der Waals surface area contributed by atoms with E-state index in [-0.39, 0.29) is 16.4 Å². The fraction of sp³-hybridized carbons (Fsp3) is 0.217. The molecule has 33 heavy (non-hydrogen) atoms. The van der Waals surface area contributed by atoms with Crippen molar-refractivity contribution >= 4 is 39.1 Å². The Morgan fingerprint density at radius 3 is 2.61 bits per heavy atom. The van der Waals surface area contributed by atoms with Gasteiger partial charge in [0.05, 0.1) is 28.0 Å². The molecule has 0 radical (unpaired) electrons. The molecule has 3 N–H and O–H groups in total. The number of hydrogen-bond acceptors (Lipinski definition) is 8. The molecule has 0 bridgehead atoms. The van der Waals surface area contributed by atoms with Gasteiger partial charge in [-0.05, 0) is 56.0 Å². The van der Waals surface area contributed by atoms with Crippen molar-refractivity contribution in [2.24, 2.45) is 5.14 Å². The summed E-state index contributed by atoms with van der Waals surface area (Å²) in [4.78, 5) is 21.9. The van der Waals surface area contributed by atoms with Gasteiger partial charge >= 0.3 is 0 Å². The number of Topliss-reactive ketones (excluding diaryl/α,β-unsaturated/α-hetero) is 1. The van der Waals surface area contributed by atoms with Crippen LogP contribution in [0.3, 0.4) is 0 Å². The number of carbonyl (C=O) groups is 1. The molecule has 1 aliphatic carbocycles. The third-order valence-corrected chi connectivity index (χ3v) is 7.01. The topological polar surface area (TPSA) is 139 Å². The van der Waals surface area contributed by atoms with Crippen LogP contribution in [0.15, 0.2) is 58.6 Å². The highest BCUT2D eigenvalue weighted by Crippen LogP contribution is 2.30. The molecule has 10 heteroatoms. The highest BCUT2D eigenvalue weighted by Gasteiger charge is 2.19. The Morgan fingerprint density at radius 2 is 1.88 bits per heavy atom. The molecule has 3 aromatic rings. The lowest BCUT2D eigenvalue weighted by Crippen LogP contribution is -2.14. The van der Waals surface area contributed by atoms with Gasteiger partial charge in [0, 0.05) is 16.8 Å². The zero-order valence-corrected chi connectivity index (χ0v) is 19.2. The molecule has 0 unspecified atom stereocenters. The number of aromatic nitrogens is 2. The van der Waals surface area contributed by atoms with Crippen molar-refractivity contribution in [3.63, 3.8) is 0 Å². The smallest absolute Gasteiger partial charge is 0.238 e. The van der Waals surface area contributed by atoms with E-state index in [0.717, 1.165) is 36.9 Å². The fourth-order valence-corrected chi connectivity index (χ4v) is 4.89. The van der Waals surface area contributed by atoms with Crippen molar-refractivity contribution in [3.8, 4) is 6.07 Å². The molecule has 1 aromatic heterocycles. The lowest BCUT2D eigenvalue weighted by atomic mass is 9.96. The van der Waals surface area contributed by atoms with Gasteiger partial charge in [-0.25, -0.2) is 23.5 Å². The Morgan fingerprint density at radius 1 is 1.12 bits per heavy atom. The van der Waals surface area contributed by atoms with Gasteiger partial charge in [0.25, 0.3) is 0 Å². The Balaban J connectivity index is 1.57. The van der Waals surface area contributed by atoms with Gasteiger partial charge in [-0.2, -0.15) is 5.26 Å². The Bertz CT molecular complexity index is 1350. The largest absolute Gasteiger partial charge is 0.340 e. The zero-order valence-electron chi connectivity index (χ0n) is 17.6. The van der Waals surface area contributed by atoms with E-state index in [1.807, 2.05) is 6.07 Å². The first kappa shape index (κ1) is 22.9. The summed E-state index contributed by atoms with van der Waals surface area (Å²) in [6.45, 7) is 0. The molecule has 0 spiro atoms.